The number of benzene rings is 2. The van der Waals surface area contributed by atoms with Gasteiger partial charge in [-0.3, -0.25) is 9.78 Å². The largest absolute Gasteiger partial charge is 0.324 e. The summed E-state index contributed by atoms with van der Waals surface area (Å²) in [5.74, 6) is -0.315. The van der Waals surface area contributed by atoms with Crippen LogP contribution in [-0.4, -0.2) is 36.7 Å². The second-order valence-electron chi connectivity index (χ2n) is 7.34. The minimum Gasteiger partial charge on any atom is -0.324 e. The van der Waals surface area contributed by atoms with Crippen LogP contribution in [0.1, 0.15) is 18.4 Å². The molecule has 1 N–H and O–H groups in total. The highest BCUT2D eigenvalue weighted by molar-refractivity contribution is 7.92. The Kier molecular flexibility index (Phi) is 5.92. The van der Waals surface area contributed by atoms with E-state index >= 15 is 0 Å². The first kappa shape index (κ1) is 20.3. The van der Waals surface area contributed by atoms with Crippen LogP contribution in [0.25, 0.3) is 17.0 Å². The number of hydrogen-bond acceptors (Lipinski definition) is 4. The van der Waals surface area contributed by atoms with Crippen LogP contribution in [0.5, 0.6) is 0 Å². The summed E-state index contributed by atoms with van der Waals surface area (Å²) in [7, 11) is -3.50. The van der Waals surface area contributed by atoms with E-state index in [-0.39, 0.29) is 11.8 Å². The second-order valence-corrected chi connectivity index (χ2v) is 9.16. The fraction of sp³-hybridized carbons (Fsp3) is 0.217. The smallest absolute Gasteiger partial charge is 0.236 e. The Morgan fingerprint density at radius 3 is 2.50 bits per heavy atom. The molecule has 1 fully saturated rings. The van der Waals surface area contributed by atoms with Crippen molar-refractivity contribution in [2.24, 2.45) is 5.92 Å². The van der Waals surface area contributed by atoms with E-state index in [9.17, 15) is 13.2 Å². The van der Waals surface area contributed by atoms with E-state index in [0.29, 0.717) is 31.6 Å². The zero-order valence-corrected chi connectivity index (χ0v) is 17.3. The predicted molar refractivity (Wildman–Crippen MR) is 119 cm³/mol. The third-order valence-electron chi connectivity index (χ3n) is 5.27. The first-order valence-corrected chi connectivity index (χ1v) is 11.4. The molecule has 154 valence electrons. The summed E-state index contributed by atoms with van der Waals surface area (Å²) in [4.78, 5) is 17.0. The van der Waals surface area contributed by atoms with Crippen molar-refractivity contribution in [3.63, 3.8) is 0 Å². The highest BCUT2D eigenvalue weighted by atomic mass is 32.2. The average Bonchev–Trinajstić information content (AvgIpc) is 2.78. The van der Waals surface area contributed by atoms with E-state index in [2.05, 4.69) is 10.3 Å². The number of piperidine rings is 1. The lowest BCUT2D eigenvalue weighted by Gasteiger charge is -2.29. The van der Waals surface area contributed by atoms with Crippen LogP contribution >= 0.6 is 0 Å². The Labute approximate surface area is 176 Å². The number of fused-ring (bicyclic) bond motifs is 1. The molecule has 0 unspecified atom stereocenters. The summed E-state index contributed by atoms with van der Waals surface area (Å²) < 4.78 is 26.6. The van der Waals surface area contributed by atoms with Crippen molar-refractivity contribution in [2.75, 3.05) is 18.4 Å². The highest BCUT2D eigenvalue weighted by Gasteiger charge is 2.30. The number of aromatic nitrogens is 1. The summed E-state index contributed by atoms with van der Waals surface area (Å²) in [5, 5.41) is 5.12. The maximum absolute atomic E-state index is 12.6. The normalized spacial score (nSPS) is 16.1. The topological polar surface area (TPSA) is 79.4 Å². The number of amides is 1. The van der Waals surface area contributed by atoms with Crippen LogP contribution in [0.3, 0.4) is 0 Å². The lowest BCUT2D eigenvalue weighted by atomic mass is 9.97. The molecule has 0 bridgehead atoms. The Morgan fingerprint density at radius 2 is 1.73 bits per heavy atom. The van der Waals surface area contributed by atoms with Crippen LogP contribution in [0.4, 0.5) is 5.69 Å². The van der Waals surface area contributed by atoms with Gasteiger partial charge in [0, 0.05) is 29.8 Å². The number of carbonyl (C=O) groups excluding carboxylic acids is 1. The Bertz CT molecular complexity index is 1170. The number of rotatable bonds is 5. The molecular weight excluding hydrogens is 398 g/mol. The predicted octanol–water partition coefficient (Wildman–Crippen LogP) is 3.89. The van der Waals surface area contributed by atoms with Gasteiger partial charge < -0.3 is 5.32 Å². The van der Waals surface area contributed by atoms with Crippen LogP contribution in [0.15, 0.2) is 72.3 Å². The molecule has 0 saturated carbocycles. The van der Waals surface area contributed by atoms with Gasteiger partial charge >= 0.3 is 0 Å². The summed E-state index contributed by atoms with van der Waals surface area (Å²) in [6.07, 6.45) is 4.23. The maximum Gasteiger partial charge on any atom is 0.236 e. The molecule has 1 aliphatic heterocycles. The van der Waals surface area contributed by atoms with Crippen LogP contribution in [-0.2, 0) is 14.8 Å². The molecule has 3 aromatic rings. The van der Waals surface area contributed by atoms with E-state index in [1.165, 1.54) is 9.71 Å². The minimum atomic E-state index is -3.50. The number of nitrogens with one attached hydrogen (secondary N) is 1. The van der Waals surface area contributed by atoms with Gasteiger partial charge in [0.05, 0.1) is 17.4 Å². The monoisotopic (exact) mass is 421 g/mol. The summed E-state index contributed by atoms with van der Waals surface area (Å²) in [6, 6.07) is 18.9. The number of hydrogen-bond donors (Lipinski definition) is 1. The van der Waals surface area contributed by atoms with Gasteiger partial charge in [-0.15, -0.1) is 0 Å². The molecule has 2 aromatic carbocycles. The number of para-hydroxylation sites is 1. The van der Waals surface area contributed by atoms with Crippen molar-refractivity contribution in [3.05, 3.63) is 77.8 Å². The molecular formula is C23H23N3O3S. The van der Waals surface area contributed by atoms with Gasteiger partial charge in [-0.1, -0.05) is 48.5 Å². The summed E-state index contributed by atoms with van der Waals surface area (Å²) >= 11 is 0. The SMILES string of the molecule is O=C(Nc1cnc2ccccc2c1)C1CCN(S(=O)(=O)C=Cc2ccccc2)CC1. The van der Waals surface area contributed by atoms with Gasteiger partial charge in [0.1, 0.15) is 0 Å². The van der Waals surface area contributed by atoms with Gasteiger partial charge in [-0.05, 0) is 36.6 Å². The van der Waals surface area contributed by atoms with Gasteiger partial charge in [0.2, 0.25) is 15.9 Å². The third kappa shape index (κ3) is 4.75. The molecule has 1 saturated heterocycles. The maximum atomic E-state index is 12.6. The zero-order chi connectivity index (χ0) is 21.0. The highest BCUT2D eigenvalue weighted by Crippen LogP contribution is 2.23. The minimum absolute atomic E-state index is 0.0936. The van der Waals surface area contributed by atoms with E-state index in [1.807, 2.05) is 60.7 Å². The number of anilines is 1. The standard InChI is InChI=1S/C23H23N3O3S/c27-23(25-21-16-20-8-4-5-9-22(20)24-17-21)19-10-13-26(14-11-19)30(28,29)15-12-18-6-2-1-3-7-18/h1-9,12,15-17,19H,10-11,13-14H2,(H,25,27). The molecule has 0 aliphatic carbocycles. The number of carbonyl (C=O) groups is 1. The molecule has 0 atom stereocenters. The summed E-state index contributed by atoms with van der Waals surface area (Å²) in [5.41, 5.74) is 2.36. The molecule has 7 heteroatoms. The molecule has 1 aromatic heterocycles. The molecule has 0 spiro atoms. The molecule has 6 nitrogen and oxygen atoms in total. The zero-order valence-electron chi connectivity index (χ0n) is 16.4. The molecule has 1 aliphatic rings. The molecule has 30 heavy (non-hydrogen) atoms. The first-order chi connectivity index (χ1) is 14.5. The first-order valence-electron chi connectivity index (χ1n) is 9.90. The quantitative estimate of drug-likeness (QED) is 0.678. The summed E-state index contributed by atoms with van der Waals surface area (Å²) in [6.45, 7) is 0.658. The lowest BCUT2D eigenvalue weighted by Crippen LogP contribution is -2.40. The van der Waals surface area contributed by atoms with Crippen molar-refractivity contribution in [1.29, 1.82) is 0 Å². The molecule has 0 radical (unpaired) electrons. The van der Waals surface area contributed by atoms with E-state index < -0.39 is 10.0 Å². The molecule has 1 amide bonds. The van der Waals surface area contributed by atoms with Crippen LogP contribution in [0, 0.1) is 5.92 Å². The average molecular weight is 422 g/mol. The number of pyridine rings is 1. The lowest BCUT2D eigenvalue weighted by molar-refractivity contribution is -0.120. The van der Waals surface area contributed by atoms with Crippen molar-refractivity contribution >= 4 is 38.6 Å². The van der Waals surface area contributed by atoms with Crippen molar-refractivity contribution < 1.29 is 13.2 Å². The number of sulfonamides is 1. The Hall–Kier alpha value is -3.03. The fourth-order valence-electron chi connectivity index (χ4n) is 3.57. The van der Waals surface area contributed by atoms with Crippen molar-refractivity contribution in [3.8, 4) is 0 Å². The van der Waals surface area contributed by atoms with E-state index in [0.717, 1.165) is 16.5 Å². The Balaban J connectivity index is 1.35. The number of nitrogens with zero attached hydrogens (tertiary/aromatic N) is 2. The van der Waals surface area contributed by atoms with E-state index in [1.54, 1.807) is 12.3 Å². The molecule has 2 heterocycles. The van der Waals surface area contributed by atoms with Crippen molar-refractivity contribution in [1.82, 2.24) is 9.29 Å². The molecule has 4 rings (SSSR count). The fourth-order valence-corrected chi connectivity index (χ4v) is 4.79. The van der Waals surface area contributed by atoms with Crippen LogP contribution in [0.2, 0.25) is 0 Å². The van der Waals surface area contributed by atoms with Gasteiger partial charge in [-0.2, -0.15) is 4.31 Å². The van der Waals surface area contributed by atoms with E-state index in [4.69, 9.17) is 0 Å². The van der Waals surface area contributed by atoms with Gasteiger partial charge in [-0.25, -0.2) is 8.42 Å². The van der Waals surface area contributed by atoms with Gasteiger partial charge in [0.25, 0.3) is 0 Å². The Morgan fingerprint density at radius 1 is 1.03 bits per heavy atom. The van der Waals surface area contributed by atoms with Crippen LogP contribution < -0.4 is 5.32 Å². The van der Waals surface area contributed by atoms with Gasteiger partial charge in [0.15, 0.2) is 0 Å². The third-order valence-corrected chi connectivity index (χ3v) is 6.84. The van der Waals surface area contributed by atoms with Crippen molar-refractivity contribution in [2.45, 2.75) is 12.8 Å². The second kappa shape index (κ2) is 8.77.